The van der Waals surface area contributed by atoms with Gasteiger partial charge in [-0.2, -0.15) is 4.98 Å². The quantitative estimate of drug-likeness (QED) is 0.741. The molecule has 1 fully saturated rings. The van der Waals surface area contributed by atoms with Crippen molar-refractivity contribution in [2.24, 2.45) is 5.92 Å². The lowest BCUT2D eigenvalue weighted by Crippen LogP contribution is -2.11. The zero-order valence-corrected chi connectivity index (χ0v) is 8.94. The van der Waals surface area contributed by atoms with E-state index in [4.69, 9.17) is 9.63 Å². The van der Waals surface area contributed by atoms with Crippen molar-refractivity contribution in [2.45, 2.75) is 32.3 Å². The molecule has 1 aromatic rings. The summed E-state index contributed by atoms with van der Waals surface area (Å²) in [5.74, 6) is 1.92. The van der Waals surface area contributed by atoms with Crippen LogP contribution in [0.5, 0.6) is 0 Å². The minimum absolute atomic E-state index is 0.425. The molecule has 84 valence electrons. The number of aliphatic hydroxyl groups excluding tert-OH is 1. The number of aromatic nitrogens is 2. The highest BCUT2D eigenvalue weighted by atomic mass is 16.5. The lowest BCUT2D eigenvalue weighted by Gasteiger charge is -2.02. The first-order valence-electron chi connectivity index (χ1n) is 5.44. The maximum atomic E-state index is 9.16. The predicted octanol–water partition coefficient (Wildman–Crippen LogP) is 0.145. The fraction of sp³-hybridized carbons (Fsp3) is 0.800. The van der Waals surface area contributed by atoms with Gasteiger partial charge in [0, 0.05) is 6.42 Å². The Kier molecular flexibility index (Phi) is 3.33. The van der Waals surface area contributed by atoms with Crippen LogP contribution in [-0.4, -0.2) is 34.4 Å². The van der Waals surface area contributed by atoms with Gasteiger partial charge in [0.25, 0.3) is 0 Å². The number of aliphatic hydroxyl groups is 1. The van der Waals surface area contributed by atoms with Gasteiger partial charge in [0.05, 0.1) is 12.5 Å². The van der Waals surface area contributed by atoms with Crippen LogP contribution in [0.2, 0.25) is 0 Å². The lowest BCUT2D eigenvalue weighted by atomic mass is 10.1. The highest BCUT2D eigenvalue weighted by Gasteiger charge is 2.18. The summed E-state index contributed by atoms with van der Waals surface area (Å²) in [5.41, 5.74) is 0. The first-order chi connectivity index (χ1) is 7.24. The average molecular weight is 211 g/mol. The molecule has 2 atom stereocenters. The number of nitrogens with zero attached hydrogens (tertiary/aromatic N) is 2. The summed E-state index contributed by atoms with van der Waals surface area (Å²) in [5, 5.41) is 16.4. The maximum absolute atomic E-state index is 9.16. The highest BCUT2D eigenvalue weighted by molar-refractivity contribution is 4.91. The van der Waals surface area contributed by atoms with Crippen LogP contribution in [0.3, 0.4) is 0 Å². The Bertz CT molecular complexity index is 305. The Hall–Kier alpha value is -0.940. The van der Waals surface area contributed by atoms with E-state index in [1.54, 1.807) is 6.92 Å². The van der Waals surface area contributed by atoms with Crippen molar-refractivity contribution >= 4 is 0 Å². The second-order valence-electron chi connectivity index (χ2n) is 4.22. The molecule has 0 aromatic carbocycles. The largest absolute Gasteiger partial charge is 0.393 e. The van der Waals surface area contributed by atoms with Crippen molar-refractivity contribution in [3.8, 4) is 0 Å². The molecule has 2 rings (SSSR count). The van der Waals surface area contributed by atoms with Gasteiger partial charge in [-0.05, 0) is 32.4 Å². The number of hydrogen-bond acceptors (Lipinski definition) is 5. The van der Waals surface area contributed by atoms with Gasteiger partial charge in [0.2, 0.25) is 5.89 Å². The first-order valence-corrected chi connectivity index (χ1v) is 5.44. The van der Waals surface area contributed by atoms with E-state index in [2.05, 4.69) is 15.5 Å². The standard InChI is InChI=1S/C10H17N3O2/c1-7(14)4-10-12-9(13-15-10)5-8-2-3-11-6-8/h7-8,11,14H,2-6H2,1H3. The number of hydrogen-bond donors (Lipinski definition) is 2. The summed E-state index contributed by atoms with van der Waals surface area (Å²) in [7, 11) is 0. The summed E-state index contributed by atoms with van der Waals surface area (Å²) < 4.78 is 5.04. The maximum Gasteiger partial charge on any atom is 0.229 e. The van der Waals surface area contributed by atoms with Crippen molar-refractivity contribution in [1.82, 2.24) is 15.5 Å². The van der Waals surface area contributed by atoms with E-state index in [0.29, 0.717) is 18.2 Å². The van der Waals surface area contributed by atoms with Gasteiger partial charge in [0.1, 0.15) is 0 Å². The van der Waals surface area contributed by atoms with Crippen LogP contribution in [0, 0.1) is 5.92 Å². The van der Waals surface area contributed by atoms with Crippen molar-refractivity contribution < 1.29 is 9.63 Å². The summed E-state index contributed by atoms with van der Waals surface area (Å²) >= 11 is 0. The van der Waals surface area contributed by atoms with Crippen LogP contribution in [0.4, 0.5) is 0 Å². The minimum Gasteiger partial charge on any atom is -0.393 e. The Labute approximate surface area is 88.9 Å². The summed E-state index contributed by atoms with van der Waals surface area (Å²) in [6.07, 6.45) is 2.07. The normalized spacial score (nSPS) is 23.2. The average Bonchev–Trinajstić information content (AvgIpc) is 2.77. The molecule has 2 N–H and O–H groups in total. The zero-order chi connectivity index (χ0) is 10.7. The Morgan fingerprint density at radius 3 is 3.20 bits per heavy atom. The molecule has 2 heterocycles. The van der Waals surface area contributed by atoms with E-state index in [0.717, 1.165) is 25.3 Å². The molecule has 0 radical (unpaired) electrons. The molecule has 2 unspecified atom stereocenters. The molecule has 0 amide bonds. The summed E-state index contributed by atoms with van der Waals surface area (Å²) in [6, 6.07) is 0. The topological polar surface area (TPSA) is 71.2 Å². The Morgan fingerprint density at radius 2 is 2.53 bits per heavy atom. The van der Waals surface area contributed by atoms with Gasteiger partial charge in [-0.1, -0.05) is 5.16 Å². The van der Waals surface area contributed by atoms with E-state index in [-0.39, 0.29) is 0 Å². The molecule has 0 spiro atoms. The van der Waals surface area contributed by atoms with Crippen molar-refractivity contribution in [1.29, 1.82) is 0 Å². The van der Waals surface area contributed by atoms with Crippen molar-refractivity contribution in [2.75, 3.05) is 13.1 Å². The van der Waals surface area contributed by atoms with Crippen LogP contribution in [0.1, 0.15) is 25.1 Å². The fourth-order valence-electron chi connectivity index (χ4n) is 1.86. The van der Waals surface area contributed by atoms with E-state index in [1.165, 1.54) is 6.42 Å². The molecule has 0 saturated carbocycles. The third-order valence-corrected chi connectivity index (χ3v) is 2.61. The summed E-state index contributed by atoms with van der Waals surface area (Å²) in [6.45, 7) is 3.84. The second kappa shape index (κ2) is 4.72. The third-order valence-electron chi connectivity index (χ3n) is 2.61. The monoisotopic (exact) mass is 211 g/mol. The van der Waals surface area contributed by atoms with Crippen LogP contribution in [0.15, 0.2) is 4.52 Å². The van der Waals surface area contributed by atoms with E-state index < -0.39 is 6.10 Å². The van der Waals surface area contributed by atoms with Crippen LogP contribution < -0.4 is 5.32 Å². The fourth-order valence-corrected chi connectivity index (χ4v) is 1.86. The smallest absolute Gasteiger partial charge is 0.229 e. The predicted molar refractivity (Wildman–Crippen MR) is 54.4 cm³/mol. The summed E-state index contributed by atoms with van der Waals surface area (Å²) in [4.78, 5) is 4.25. The third kappa shape index (κ3) is 3.00. The van der Waals surface area contributed by atoms with Crippen molar-refractivity contribution in [3.63, 3.8) is 0 Å². The van der Waals surface area contributed by atoms with Crippen LogP contribution in [-0.2, 0) is 12.8 Å². The number of rotatable bonds is 4. The van der Waals surface area contributed by atoms with E-state index >= 15 is 0 Å². The molecular formula is C10H17N3O2. The van der Waals surface area contributed by atoms with Crippen LogP contribution >= 0.6 is 0 Å². The SMILES string of the molecule is CC(O)Cc1nc(CC2CCNC2)no1. The van der Waals surface area contributed by atoms with Gasteiger partial charge in [-0.25, -0.2) is 0 Å². The lowest BCUT2D eigenvalue weighted by molar-refractivity contribution is 0.181. The molecule has 1 saturated heterocycles. The molecule has 0 bridgehead atoms. The minimum atomic E-state index is -0.425. The van der Waals surface area contributed by atoms with Gasteiger partial charge < -0.3 is 14.9 Å². The second-order valence-corrected chi connectivity index (χ2v) is 4.22. The molecule has 0 aliphatic carbocycles. The van der Waals surface area contributed by atoms with Crippen LogP contribution in [0.25, 0.3) is 0 Å². The molecule has 15 heavy (non-hydrogen) atoms. The molecule has 5 heteroatoms. The molecule has 1 aromatic heterocycles. The van der Waals surface area contributed by atoms with Crippen molar-refractivity contribution in [3.05, 3.63) is 11.7 Å². The molecule has 1 aliphatic heterocycles. The molecule has 1 aliphatic rings. The van der Waals surface area contributed by atoms with E-state index in [1.807, 2.05) is 0 Å². The molecule has 5 nitrogen and oxygen atoms in total. The Morgan fingerprint density at radius 1 is 1.67 bits per heavy atom. The Balaban J connectivity index is 1.88. The first kappa shape index (κ1) is 10.6. The zero-order valence-electron chi connectivity index (χ0n) is 8.94. The van der Waals surface area contributed by atoms with Gasteiger partial charge >= 0.3 is 0 Å². The van der Waals surface area contributed by atoms with Gasteiger partial charge in [-0.15, -0.1) is 0 Å². The molecular weight excluding hydrogens is 194 g/mol. The van der Waals surface area contributed by atoms with Gasteiger partial charge in [0.15, 0.2) is 5.82 Å². The number of nitrogens with one attached hydrogen (secondary N) is 1. The van der Waals surface area contributed by atoms with E-state index in [9.17, 15) is 0 Å². The highest BCUT2D eigenvalue weighted by Crippen LogP contribution is 2.13. The van der Waals surface area contributed by atoms with Gasteiger partial charge in [-0.3, -0.25) is 0 Å².